The van der Waals surface area contributed by atoms with Crippen molar-refractivity contribution >= 4 is 131 Å². The van der Waals surface area contributed by atoms with Crippen molar-refractivity contribution < 1.29 is 8.83 Å². The number of para-hydroxylation sites is 4. The Morgan fingerprint density at radius 1 is 0.302 bits per heavy atom. The first-order valence-corrected chi connectivity index (χ1v) is 22.1. The summed E-state index contributed by atoms with van der Waals surface area (Å²) >= 11 is 7.11. The number of furan rings is 2. The number of anilines is 6. The Kier molecular flexibility index (Phi) is 10.8. The standard InChI is InChI=1S/C40H28N2O.C16H8Br2O.CH4/c1-5-15-29(16-6-1)41(30-17-7-2-8-18-30)33-25-26-36-38(27-33)43-39-28-37(34-23-13-14-24-35(34)40(36)39)42(31-19-9-3-10-20-31)32-21-11-4-12-22-32;17-9-5-6-12-14(7-9)19-15-8-13(18)10-3-1-2-4-11(10)16(12)15;/h1-28H;1-8H;1H4. The van der Waals surface area contributed by atoms with E-state index in [-0.39, 0.29) is 7.43 Å². The van der Waals surface area contributed by atoms with Crippen LogP contribution in [0.4, 0.5) is 34.1 Å². The van der Waals surface area contributed by atoms with E-state index >= 15 is 0 Å². The van der Waals surface area contributed by atoms with Crippen LogP contribution in [0.2, 0.25) is 0 Å². The molecule has 0 aliphatic carbocycles. The van der Waals surface area contributed by atoms with Gasteiger partial charge in [-0.3, -0.25) is 0 Å². The number of hydrogen-bond acceptors (Lipinski definition) is 4. The van der Waals surface area contributed by atoms with Crippen LogP contribution in [0.3, 0.4) is 0 Å². The summed E-state index contributed by atoms with van der Waals surface area (Å²) in [5.74, 6) is 0. The number of benzene rings is 10. The van der Waals surface area contributed by atoms with Gasteiger partial charge in [-0.2, -0.15) is 0 Å². The van der Waals surface area contributed by atoms with E-state index in [0.29, 0.717) is 0 Å². The third kappa shape index (κ3) is 7.31. The van der Waals surface area contributed by atoms with E-state index in [9.17, 15) is 0 Å². The first kappa shape index (κ1) is 40.0. The molecule has 2 aromatic heterocycles. The molecule has 10 aromatic carbocycles. The second-order valence-electron chi connectivity index (χ2n) is 15.1. The average molecular weight is 945 g/mol. The van der Waals surface area contributed by atoms with Crippen LogP contribution < -0.4 is 9.80 Å². The van der Waals surface area contributed by atoms with Gasteiger partial charge in [0.05, 0.1) is 5.69 Å². The summed E-state index contributed by atoms with van der Waals surface area (Å²) in [4.78, 5) is 4.58. The van der Waals surface area contributed by atoms with Crippen LogP contribution in [0.25, 0.3) is 65.4 Å². The van der Waals surface area contributed by atoms with Crippen molar-refractivity contribution in [1.82, 2.24) is 0 Å². The van der Waals surface area contributed by atoms with Gasteiger partial charge < -0.3 is 18.6 Å². The molecule has 4 nitrogen and oxygen atoms in total. The van der Waals surface area contributed by atoms with E-state index in [1.165, 1.54) is 26.9 Å². The summed E-state index contributed by atoms with van der Waals surface area (Å²) in [7, 11) is 0. The molecule has 0 unspecified atom stereocenters. The topological polar surface area (TPSA) is 32.8 Å². The van der Waals surface area contributed by atoms with Gasteiger partial charge in [-0.15, -0.1) is 0 Å². The predicted molar refractivity (Wildman–Crippen MR) is 274 cm³/mol. The third-order valence-electron chi connectivity index (χ3n) is 11.4. The molecule has 304 valence electrons. The second-order valence-corrected chi connectivity index (χ2v) is 16.9. The lowest BCUT2D eigenvalue weighted by atomic mass is 10.0. The van der Waals surface area contributed by atoms with E-state index in [0.717, 1.165) is 81.6 Å². The van der Waals surface area contributed by atoms with Crippen molar-refractivity contribution in [3.8, 4) is 0 Å². The molecule has 0 spiro atoms. The number of hydrogen-bond donors (Lipinski definition) is 0. The summed E-state index contributed by atoms with van der Waals surface area (Å²) in [6, 6.07) is 76.0. The summed E-state index contributed by atoms with van der Waals surface area (Å²) in [5.41, 5.74) is 10.1. The Morgan fingerprint density at radius 3 is 1.25 bits per heavy atom. The Hall–Kier alpha value is -7.12. The van der Waals surface area contributed by atoms with E-state index in [4.69, 9.17) is 8.83 Å². The zero-order valence-corrected chi connectivity index (χ0v) is 36.4. The van der Waals surface area contributed by atoms with Gasteiger partial charge in [0.25, 0.3) is 0 Å². The van der Waals surface area contributed by atoms with Crippen molar-refractivity contribution in [2.45, 2.75) is 7.43 Å². The average Bonchev–Trinajstić information content (AvgIpc) is 3.88. The Labute approximate surface area is 382 Å². The molecule has 6 heteroatoms. The SMILES string of the molecule is Brc1ccc2c(c1)oc1cc(Br)c3ccccc3c12.C.c1ccc(N(c2ccccc2)c2ccc3c(c2)oc2cc(N(c4ccccc4)c4ccccc4)c4ccccc4c23)cc1. The fourth-order valence-corrected chi connectivity index (χ4v) is 9.58. The number of fused-ring (bicyclic) bond motifs is 10. The molecule has 0 atom stereocenters. The fraction of sp³-hybridized carbons (Fsp3) is 0.0175. The molecule has 0 N–H and O–H groups in total. The van der Waals surface area contributed by atoms with Gasteiger partial charge in [0.2, 0.25) is 0 Å². The summed E-state index contributed by atoms with van der Waals surface area (Å²) in [5, 5.41) is 9.34. The minimum absolute atomic E-state index is 0. The van der Waals surface area contributed by atoms with E-state index < -0.39 is 0 Å². The molecule has 2 heterocycles. The molecule has 0 saturated carbocycles. The molecule has 0 aliphatic rings. The first-order chi connectivity index (χ1) is 30.6. The van der Waals surface area contributed by atoms with Gasteiger partial charge >= 0.3 is 0 Å². The van der Waals surface area contributed by atoms with Gasteiger partial charge in [0, 0.05) is 76.4 Å². The van der Waals surface area contributed by atoms with E-state index in [1.807, 2.05) is 30.3 Å². The van der Waals surface area contributed by atoms with Gasteiger partial charge in [-0.1, -0.05) is 161 Å². The van der Waals surface area contributed by atoms with Crippen LogP contribution in [-0.4, -0.2) is 0 Å². The van der Waals surface area contributed by atoms with Gasteiger partial charge in [-0.25, -0.2) is 0 Å². The highest BCUT2D eigenvalue weighted by Gasteiger charge is 2.21. The van der Waals surface area contributed by atoms with Crippen molar-refractivity contribution in [2.75, 3.05) is 9.80 Å². The maximum absolute atomic E-state index is 6.73. The molecule has 63 heavy (non-hydrogen) atoms. The highest BCUT2D eigenvalue weighted by molar-refractivity contribution is 9.11. The zero-order valence-electron chi connectivity index (χ0n) is 33.3. The molecule has 0 bridgehead atoms. The van der Waals surface area contributed by atoms with E-state index in [2.05, 4.69) is 230 Å². The van der Waals surface area contributed by atoms with Crippen molar-refractivity contribution in [2.24, 2.45) is 0 Å². The van der Waals surface area contributed by atoms with Crippen LogP contribution in [0.5, 0.6) is 0 Å². The largest absolute Gasteiger partial charge is 0.456 e. The van der Waals surface area contributed by atoms with Crippen molar-refractivity contribution in [1.29, 1.82) is 0 Å². The Morgan fingerprint density at radius 2 is 0.714 bits per heavy atom. The molecule has 0 aliphatic heterocycles. The fourth-order valence-electron chi connectivity index (χ4n) is 8.69. The number of halogens is 2. The van der Waals surface area contributed by atoms with Crippen LogP contribution in [0.15, 0.2) is 236 Å². The summed E-state index contributed by atoms with van der Waals surface area (Å²) in [6.07, 6.45) is 0. The van der Waals surface area contributed by atoms with E-state index in [1.54, 1.807) is 0 Å². The molecular formula is C57H40Br2N2O2. The predicted octanol–water partition coefficient (Wildman–Crippen LogP) is 18.6. The van der Waals surface area contributed by atoms with Crippen LogP contribution in [0, 0.1) is 0 Å². The molecule has 12 aromatic rings. The zero-order chi connectivity index (χ0) is 41.6. The lowest BCUT2D eigenvalue weighted by molar-refractivity contribution is 0.668. The van der Waals surface area contributed by atoms with Crippen LogP contribution in [-0.2, 0) is 0 Å². The monoisotopic (exact) mass is 942 g/mol. The lowest BCUT2D eigenvalue weighted by Crippen LogP contribution is -2.10. The molecule has 0 amide bonds. The lowest BCUT2D eigenvalue weighted by Gasteiger charge is -2.27. The minimum Gasteiger partial charge on any atom is -0.456 e. The molecule has 12 rings (SSSR count). The maximum Gasteiger partial charge on any atom is 0.138 e. The number of rotatable bonds is 6. The van der Waals surface area contributed by atoms with Crippen LogP contribution in [0.1, 0.15) is 7.43 Å². The molecule has 0 fully saturated rings. The smallest absolute Gasteiger partial charge is 0.138 e. The first-order valence-electron chi connectivity index (χ1n) is 20.5. The molecule has 0 saturated heterocycles. The Bertz CT molecular complexity index is 3470. The Balaban J connectivity index is 0.000000196. The van der Waals surface area contributed by atoms with Crippen molar-refractivity contribution in [3.63, 3.8) is 0 Å². The van der Waals surface area contributed by atoms with Crippen molar-refractivity contribution in [3.05, 3.63) is 227 Å². The van der Waals surface area contributed by atoms with Gasteiger partial charge in [0.15, 0.2) is 0 Å². The number of nitrogens with zero attached hydrogens (tertiary/aromatic N) is 2. The van der Waals surface area contributed by atoms with Gasteiger partial charge in [0.1, 0.15) is 22.3 Å². The second kappa shape index (κ2) is 17.0. The maximum atomic E-state index is 6.73. The normalized spacial score (nSPS) is 11.2. The minimum atomic E-state index is 0. The summed E-state index contributed by atoms with van der Waals surface area (Å²) < 4.78 is 14.8. The van der Waals surface area contributed by atoms with Gasteiger partial charge in [-0.05, 0) is 101 Å². The quantitative estimate of drug-likeness (QED) is 0.166. The van der Waals surface area contributed by atoms with Crippen LogP contribution >= 0.6 is 31.9 Å². The highest BCUT2D eigenvalue weighted by Crippen LogP contribution is 2.46. The third-order valence-corrected chi connectivity index (χ3v) is 12.5. The molecule has 0 radical (unpaired) electrons. The molecular weight excluding hydrogens is 904 g/mol. The summed E-state index contributed by atoms with van der Waals surface area (Å²) in [6.45, 7) is 0. The highest BCUT2D eigenvalue weighted by atomic mass is 79.9.